The molecule has 0 aromatic rings. The number of aliphatic hydroxyl groups excluding tert-OH is 1. The highest BCUT2D eigenvalue weighted by atomic mass is 16.4. The summed E-state index contributed by atoms with van der Waals surface area (Å²) in [7, 11) is 0. The quantitative estimate of drug-likeness (QED) is 0.152. The molecule has 10 heteroatoms. The van der Waals surface area contributed by atoms with Crippen LogP contribution in [0.3, 0.4) is 0 Å². The highest BCUT2D eigenvalue weighted by molar-refractivity contribution is 5.88. The van der Waals surface area contributed by atoms with Gasteiger partial charge in [-0.2, -0.15) is 0 Å². The second-order valence-electron chi connectivity index (χ2n) is 3.96. The Bertz CT molecular complexity index is 393. The fourth-order valence-corrected chi connectivity index (χ4v) is 1.29. The lowest BCUT2D eigenvalue weighted by Crippen LogP contribution is -2.46. The topological polar surface area (TPSA) is 188 Å². The van der Waals surface area contributed by atoms with Gasteiger partial charge in [-0.1, -0.05) is 0 Å². The monoisotopic (exact) mass is 290 g/mol. The summed E-state index contributed by atoms with van der Waals surface area (Å²) in [5.74, 6) is -3.85. The Morgan fingerprint density at radius 2 is 1.80 bits per heavy atom. The van der Waals surface area contributed by atoms with Crippen LogP contribution < -0.4 is 16.8 Å². The van der Waals surface area contributed by atoms with E-state index in [4.69, 9.17) is 21.7 Å². The number of carbonyl (C=O) groups is 3. The Balaban J connectivity index is 4.33. The molecule has 0 bridgehead atoms. The van der Waals surface area contributed by atoms with Crippen molar-refractivity contribution in [2.45, 2.75) is 31.4 Å². The number of amides is 1. The summed E-state index contributed by atoms with van der Waals surface area (Å²) in [6.07, 6.45) is -2.26. The molecule has 2 atom stereocenters. The van der Waals surface area contributed by atoms with Gasteiger partial charge in [0.2, 0.25) is 5.91 Å². The molecule has 8 N–H and O–H groups in total. The summed E-state index contributed by atoms with van der Waals surface area (Å²) in [6, 6.07) is -1.25. The average molecular weight is 290 g/mol. The number of nitrogens with one attached hydrogen (secondary N) is 1. The van der Waals surface area contributed by atoms with E-state index in [9.17, 15) is 19.5 Å². The molecule has 0 saturated heterocycles. The zero-order chi connectivity index (χ0) is 15.7. The smallest absolute Gasteiger partial charge is 0.326 e. The first-order valence-corrected chi connectivity index (χ1v) is 5.72. The molecule has 1 amide bonds. The highest BCUT2D eigenvalue weighted by Crippen LogP contribution is 2.01. The SMILES string of the molecule is NC(N)=NCCC[C@H](NC(=O)[C@H](O)CC(=O)O)C(=O)O. The highest BCUT2D eigenvalue weighted by Gasteiger charge is 2.24. The zero-order valence-corrected chi connectivity index (χ0v) is 10.7. The number of hydrogen-bond donors (Lipinski definition) is 6. The Morgan fingerprint density at radius 1 is 1.20 bits per heavy atom. The summed E-state index contributed by atoms with van der Waals surface area (Å²) in [5.41, 5.74) is 10.2. The first-order valence-electron chi connectivity index (χ1n) is 5.72. The van der Waals surface area contributed by atoms with Crippen LogP contribution in [-0.4, -0.2) is 57.8 Å². The second kappa shape index (κ2) is 8.69. The van der Waals surface area contributed by atoms with Crippen molar-refractivity contribution in [2.24, 2.45) is 16.5 Å². The molecular weight excluding hydrogens is 272 g/mol. The van der Waals surface area contributed by atoms with Gasteiger partial charge in [-0.3, -0.25) is 14.6 Å². The van der Waals surface area contributed by atoms with Gasteiger partial charge in [0.15, 0.2) is 5.96 Å². The number of rotatable bonds is 9. The van der Waals surface area contributed by atoms with E-state index in [1.54, 1.807) is 0 Å². The van der Waals surface area contributed by atoms with Gasteiger partial charge in [0.05, 0.1) is 6.42 Å². The lowest BCUT2D eigenvalue weighted by atomic mass is 10.1. The molecule has 10 nitrogen and oxygen atoms in total. The number of carboxylic acids is 2. The number of guanidine groups is 1. The minimum atomic E-state index is -1.80. The van der Waals surface area contributed by atoms with E-state index in [2.05, 4.69) is 4.99 Å². The van der Waals surface area contributed by atoms with Crippen molar-refractivity contribution in [3.63, 3.8) is 0 Å². The van der Waals surface area contributed by atoms with E-state index in [0.717, 1.165) is 0 Å². The van der Waals surface area contributed by atoms with Gasteiger partial charge < -0.3 is 32.1 Å². The molecule has 0 rings (SSSR count). The van der Waals surface area contributed by atoms with Crippen LogP contribution in [0.4, 0.5) is 0 Å². The molecule has 0 fully saturated rings. The lowest BCUT2D eigenvalue weighted by Gasteiger charge is -2.16. The normalized spacial score (nSPS) is 13.1. The lowest BCUT2D eigenvalue weighted by molar-refractivity contribution is -0.146. The van der Waals surface area contributed by atoms with Gasteiger partial charge in [-0.05, 0) is 12.8 Å². The predicted molar refractivity (Wildman–Crippen MR) is 67.7 cm³/mol. The fourth-order valence-electron chi connectivity index (χ4n) is 1.29. The van der Waals surface area contributed by atoms with Crippen molar-refractivity contribution in [2.75, 3.05) is 6.54 Å². The van der Waals surface area contributed by atoms with E-state index in [1.165, 1.54) is 0 Å². The predicted octanol–water partition coefficient (Wildman–Crippen LogP) is -2.55. The maximum atomic E-state index is 11.4. The molecule has 0 radical (unpaired) electrons. The number of aliphatic hydroxyl groups is 1. The maximum absolute atomic E-state index is 11.4. The standard InChI is InChI=1S/C10H18N4O6/c11-10(12)13-3-1-2-5(9(19)20)14-8(18)6(15)4-7(16)17/h5-6,15H,1-4H2,(H,14,18)(H,16,17)(H,19,20)(H4,11,12,13)/t5-,6+/m0/s1. The van der Waals surface area contributed by atoms with Gasteiger partial charge >= 0.3 is 11.9 Å². The summed E-state index contributed by atoms with van der Waals surface area (Å²) < 4.78 is 0. The summed E-state index contributed by atoms with van der Waals surface area (Å²) in [4.78, 5) is 36.3. The number of carbonyl (C=O) groups excluding carboxylic acids is 1. The van der Waals surface area contributed by atoms with Crippen LogP contribution in [0, 0.1) is 0 Å². The first-order chi connectivity index (χ1) is 9.23. The average Bonchev–Trinajstić information content (AvgIpc) is 2.31. The molecule has 0 spiro atoms. The second-order valence-corrected chi connectivity index (χ2v) is 3.96. The van der Waals surface area contributed by atoms with Gasteiger partial charge in [0.1, 0.15) is 12.1 Å². The van der Waals surface area contributed by atoms with E-state index in [-0.39, 0.29) is 18.9 Å². The van der Waals surface area contributed by atoms with Crippen LogP contribution in [0.2, 0.25) is 0 Å². The number of aliphatic imine (C=N–C) groups is 1. The minimum Gasteiger partial charge on any atom is -0.481 e. The van der Waals surface area contributed by atoms with Crippen molar-refractivity contribution in [3.05, 3.63) is 0 Å². The van der Waals surface area contributed by atoms with E-state index in [1.807, 2.05) is 5.32 Å². The first kappa shape index (κ1) is 17.6. The van der Waals surface area contributed by atoms with Crippen molar-refractivity contribution in [3.8, 4) is 0 Å². The molecule has 0 aliphatic rings. The van der Waals surface area contributed by atoms with Crippen LogP contribution in [0.1, 0.15) is 19.3 Å². The van der Waals surface area contributed by atoms with Crippen LogP contribution in [0.5, 0.6) is 0 Å². The van der Waals surface area contributed by atoms with Crippen LogP contribution in [0.15, 0.2) is 4.99 Å². The van der Waals surface area contributed by atoms with Crippen LogP contribution in [-0.2, 0) is 14.4 Å². The third-order valence-electron chi connectivity index (χ3n) is 2.23. The van der Waals surface area contributed by atoms with Crippen molar-refractivity contribution < 1.29 is 29.7 Å². The zero-order valence-electron chi connectivity index (χ0n) is 10.7. The molecule has 0 saturated carbocycles. The minimum absolute atomic E-state index is 0.0393. The molecule has 0 aliphatic carbocycles. The fraction of sp³-hybridized carbons (Fsp3) is 0.600. The van der Waals surface area contributed by atoms with Crippen molar-refractivity contribution in [1.29, 1.82) is 0 Å². The van der Waals surface area contributed by atoms with E-state index < -0.39 is 36.4 Å². The maximum Gasteiger partial charge on any atom is 0.326 e. The number of nitrogens with two attached hydrogens (primary N) is 2. The van der Waals surface area contributed by atoms with Gasteiger partial charge in [0, 0.05) is 6.54 Å². The van der Waals surface area contributed by atoms with Crippen molar-refractivity contribution >= 4 is 23.8 Å². The van der Waals surface area contributed by atoms with E-state index >= 15 is 0 Å². The summed E-state index contributed by atoms with van der Waals surface area (Å²) in [5, 5.41) is 28.6. The Labute approximate surface area is 114 Å². The number of hydrogen-bond acceptors (Lipinski definition) is 5. The van der Waals surface area contributed by atoms with Crippen LogP contribution >= 0.6 is 0 Å². The van der Waals surface area contributed by atoms with E-state index in [0.29, 0.717) is 6.42 Å². The Kier molecular flexibility index (Phi) is 7.67. The third-order valence-corrected chi connectivity index (χ3v) is 2.23. The summed E-state index contributed by atoms with van der Waals surface area (Å²) in [6.45, 7) is 0.194. The molecule has 0 heterocycles. The number of nitrogens with zero attached hydrogens (tertiary/aromatic N) is 1. The molecule has 0 aromatic heterocycles. The van der Waals surface area contributed by atoms with Crippen LogP contribution in [0.25, 0.3) is 0 Å². The largest absolute Gasteiger partial charge is 0.481 e. The number of aliphatic carboxylic acids is 2. The van der Waals surface area contributed by atoms with Gasteiger partial charge in [0.25, 0.3) is 0 Å². The molecule has 0 aromatic carbocycles. The Hall–Kier alpha value is -2.36. The summed E-state index contributed by atoms with van der Waals surface area (Å²) >= 11 is 0. The molecule has 114 valence electrons. The Morgan fingerprint density at radius 3 is 2.25 bits per heavy atom. The number of carboxylic acid groups (broad SMARTS) is 2. The molecule has 20 heavy (non-hydrogen) atoms. The molecule has 0 aliphatic heterocycles. The van der Waals surface area contributed by atoms with Crippen molar-refractivity contribution in [1.82, 2.24) is 5.32 Å². The van der Waals surface area contributed by atoms with Gasteiger partial charge in [-0.25, -0.2) is 4.79 Å². The van der Waals surface area contributed by atoms with Gasteiger partial charge in [-0.15, -0.1) is 0 Å². The molecular formula is C10H18N4O6. The third kappa shape index (κ3) is 7.87. The molecule has 0 unspecified atom stereocenters.